The summed E-state index contributed by atoms with van der Waals surface area (Å²) in [4.78, 5) is 0. The minimum Gasteiger partial charge on any atom is -0.242 e. The highest BCUT2D eigenvalue weighted by molar-refractivity contribution is 7.82. The second kappa shape index (κ2) is 2.02. The Morgan fingerprint density at radius 3 is 2.00 bits per heavy atom. The maximum Gasteiger partial charge on any atom is 0.400 e. The van der Waals surface area contributed by atoms with Gasteiger partial charge in [0.25, 0.3) is 0 Å². The predicted molar refractivity (Wildman–Crippen MR) is 39.5 cm³/mol. The number of hydrogen-bond acceptors (Lipinski definition) is 4. The van der Waals surface area contributed by atoms with Crippen LogP contribution in [0.25, 0.3) is 0 Å². The van der Waals surface area contributed by atoms with Crippen molar-refractivity contribution < 1.29 is 16.8 Å². The molecule has 2 saturated carbocycles. The molecule has 0 spiro atoms. The van der Waals surface area contributed by atoms with Crippen LogP contribution in [0.4, 0.5) is 0 Å². The summed E-state index contributed by atoms with van der Waals surface area (Å²) >= 11 is 0. The molecule has 4 nitrogen and oxygen atoms in total. The Kier molecular flexibility index (Phi) is 1.23. The summed E-state index contributed by atoms with van der Waals surface area (Å²) in [6.07, 6.45) is 2.97. The molecule has 0 aromatic heterocycles. The third-order valence-electron chi connectivity index (χ3n) is 3.22. The van der Waals surface area contributed by atoms with Gasteiger partial charge in [0.2, 0.25) is 0 Å². The average molecular weight is 190 g/mol. The molecular weight excluding hydrogens is 180 g/mol. The Morgan fingerprint density at radius 1 is 1.00 bits per heavy atom. The quantitative estimate of drug-likeness (QED) is 0.556. The van der Waals surface area contributed by atoms with Crippen molar-refractivity contribution in [2.75, 3.05) is 0 Å². The first-order valence-electron chi connectivity index (χ1n) is 4.27. The predicted octanol–water partition coefficient (Wildman–Crippen LogP) is 0.445. The molecule has 0 unspecified atom stereocenters. The van der Waals surface area contributed by atoms with Crippen LogP contribution in [-0.4, -0.2) is 20.6 Å². The van der Waals surface area contributed by atoms with Crippen LogP contribution >= 0.6 is 0 Å². The Balaban J connectivity index is 1.97. The van der Waals surface area contributed by atoms with E-state index in [2.05, 4.69) is 0 Å². The van der Waals surface area contributed by atoms with Gasteiger partial charge in [-0.25, -0.2) is 8.37 Å². The lowest BCUT2D eigenvalue weighted by atomic mass is 9.95. The zero-order chi connectivity index (χ0) is 8.34. The Hall–Kier alpha value is -0.130. The van der Waals surface area contributed by atoms with E-state index in [0.717, 1.165) is 19.3 Å². The third kappa shape index (κ3) is 0.815. The van der Waals surface area contributed by atoms with Crippen LogP contribution in [0.3, 0.4) is 0 Å². The molecule has 2 aliphatic carbocycles. The van der Waals surface area contributed by atoms with Crippen LogP contribution in [0, 0.1) is 11.8 Å². The molecule has 0 amide bonds. The zero-order valence-corrected chi connectivity index (χ0v) is 7.29. The van der Waals surface area contributed by atoms with Gasteiger partial charge in [0.15, 0.2) is 0 Å². The van der Waals surface area contributed by atoms with Gasteiger partial charge in [0, 0.05) is 0 Å². The molecular formula is C7H10O4S. The van der Waals surface area contributed by atoms with Crippen LogP contribution in [0.1, 0.15) is 19.3 Å². The topological polar surface area (TPSA) is 52.6 Å². The molecule has 3 rings (SSSR count). The molecule has 5 heteroatoms. The van der Waals surface area contributed by atoms with Crippen LogP contribution in [-0.2, 0) is 18.8 Å². The fraction of sp³-hybridized carbons (Fsp3) is 1.00. The van der Waals surface area contributed by atoms with Crippen molar-refractivity contribution in [3.63, 3.8) is 0 Å². The molecule has 12 heavy (non-hydrogen) atoms. The molecule has 2 bridgehead atoms. The highest BCUT2D eigenvalue weighted by Crippen LogP contribution is 2.51. The highest BCUT2D eigenvalue weighted by Gasteiger charge is 2.56. The summed E-state index contributed by atoms with van der Waals surface area (Å²) < 4.78 is 31.6. The lowest BCUT2D eigenvalue weighted by molar-refractivity contribution is 0.100. The molecule has 0 aromatic carbocycles. The van der Waals surface area contributed by atoms with Gasteiger partial charge in [-0.3, -0.25) is 0 Å². The summed E-state index contributed by atoms with van der Waals surface area (Å²) in [5.41, 5.74) is 0. The van der Waals surface area contributed by atoms with E-state index in [1.54, 1.807) is 0 Å². The molecule has 3 aliphatic rings. The summed E-state index contributed by atoms with van der Waals surface area (Å²) in [7, 11) is -3.63. The SMILES string of the molecule is O=S1(=O)O[C@@H]2[C@H]3CC[C@H](C3)[C@@H]2O1. The maximum absolute atomic E-state index is 10.9. The molecule has 4 atom stereocenters. The second-order valence-electron chi connectivity index (χ2n) is 3.86. The molecule has 68 valence electrons. The Labute approximate surface area is 71.2 Å². The fourth-order valence-corrected chi connectivity index (χ4v) is 3.87. The van der Waals surface area contributed by atoms with Crippen molar-refractivity contribution >= 4 is 10.4 Å². The van der Waals surface area contributed by atoms with Gasteiger partial charge < -0.3 is 0 Å². The first kappa shape index (κ1) is 7.29. The van der Waals surface area contributed by atoms with Crippen LogP contribution in [0.5, 0.6) is 0 Å². The van der Waals surface area contributed by atoms with Gasteiger partial charge in [0.05, 0.1) is 0 Å². The summed E-state index contributed by atoms with van der Waals surface area (Å²) in [6, 6.07) is 0. The Bertz CT molecular complexity index is 285. The lowest BCUT2D eigenvalue weighted by Crippen LogP contribution is -2.28. The van der Waals surface area contributed by atoms with Crippen molar-refractivity contribution in [1.82, 2.24) is 0 Å². The molecule has 3 fully saturated rings. The van der Waals surface area contributed by atoms with Gasteiger partial charge in [0.1, 0.15) is 12.2 Å². The van der Waals surface area contributed by atoms with E-state index in [4.69, 9.17) is 8.37 Å². The van der Waals surface area contributed by atoms with E-state index in [0.29, 0.717) is 11.8 Å². The van der Waals surface area contributed by atoms with E-state index in [1.807, 2.05) is 0 Å². The van der Waals surface area contributed by atoms with Crippen molar-refractivity contribution in [3.05, 3.63) is 0 Å². The van der Waals surface area contributed by atoms with Gasteiger partial charge in [-0.2, -0.15) is 8.42 Å². The van der Waals surface area contributed by atoms with Gasteiger partial charge in [-0.1, -0.05) is 0 Å². The largest absolute Gasteiger partial charge is 0.400 e. The maximum atomic E-state index is 10.9. The molecule has 1 aliphatic heterocycles. The summed E-state index contributed by atoms with van der Waals surface area (Å²) in [6.45, 7) is 0. The molecule has 0 radical (unpaired) electrons. The van der Waals surface area contributed by atoms with E-state index in [9.17, 15) is 8.42 Å². The first-order valence-corrected chi connectivity index (χ1v) is 5.60. The normalized spacial score (nSPS) is 54.3. The van der Waals surface area contributed by atoms with Crippen LogP contribution in [0.2, 0.25) is 0 Å². The number of fused-ring (bicyclic) bond motifs is 5. The van der Waals surface area contributed by atoms with Crippen molar-refractivity contribution in [2.45, 2.75) is 31.5 Å². The van der Waals surface area contributed by atoms with Gasteiger partial charge >= 0.3 is 10.4 Å². The van der Waals surface area contributed by atoms with E-state index < -0.39 is 10.4 Å². The summed E-state index contributed by atoms with van der Waals surface area (Å²) in [5.74, 6) is 0.856. The number of rotatable bonds is 0. The standard InChI is InChI=1S/C7H10O4S/c8-12(9)10-6-4-1-2-5(3-4)7(6)11-12/h4-7H,1-3H2/t4-,5+,6+,7-. The van der Waals surface area contributed by atoms with Crippen molar-refractivity contribution in [1.29, 1.82) is 0 Å². The molecule has 0 N–H and O–H groups in total. The molecule has 1 saturated heterocycles. The third-order valence-corrected chi connectivity index (χ3v) is 4.14. The van der Waals surface area contributed by atoms with E-state index in [1.165, 1.54) is 0 Å². The fourth-order valence-electron chi connectivity index (χ4n) is 2.75. The minimum atomic E-state index is -3.63. The highest BCUT2D eigenvalue weighted by atomic mass is 32.3. The van der Waals surface area contributed by atoms with Crippen molar-refractivity contribution in [3.8, 4) is 0 Å². The second-order valence-corrected chi connectivity index (χ2v) is 5.06. The van der Waals surface area contributed by atoms with Crippen LogP contribution < -0.4 is 0 Å². The van der Waals surface area contributed by atoms with E-state index in [-0.39, 0.29) is 12.2 Å². The average Bonchev–Trinajstić information content (AvgIpc) is 2.54. The molecule has 1 heterocycles. The van der Waals surface area contributed by atoms with Gasteiger partial charge in [-0.05, 0) is 31.1 Å². The molecule has 0 aromatic rings. The Morgan fingerprint density at radius 2 is 1.50 bits per heavy atom. The monoisotopic (exact) mass is 190 g/mol. The zero-order valence-electron chi connectivity index (χ0n) is 6.47. The number of hydrogen-bond donors (Lipinski definition) is 0. The van der Waals surface area contributed by atoms with Crippen molar-refractivity contribution in [2.24, 2.45) is 11.8 Å². The first-order chi connectivity index (χ1) is 5.66. The van der Waals surface area contributed by atoms with Gasteiger partial charge in [-0.15, -0.1) is 0 Å². The smallest absolute Gasteiger partial charge is 0.242 e. The van der Waals surface area contributed by atoms with Crippen LogP contribution in [0.15, 0.2) is 0 Å². The van der Waals surface area contributed by atoms with E-state index >= 15 is 0 Å². The summed E-state index contributed by atoms with van der Waals surface area (Å²) in [5, 5.41) is 0. The lowest BCUT2D eigenvalue weighted by Gasteiger charge is -2.18. The minimum absolute atomic E-state index is 0.159.